The molecular formula is C36H51N3O10S. The number of amides is 2. The zero-order valence-electron chi connectivity index (χ0n) is 29.3. The number of rotatable bonds is 17. The van der Waals surface area contributed by atoms with Crippen molar-refractivity contribution in [3.05, 3.63) is 54.1 Å². The minimum absolute atomic E-state index is 0.00718. The molecule has 2 fully saturated rings. The van der Waals surface area contributed by atoms with Gasteiger partial charge in [-0.15, -0.1) is 0 Å². The Morgan fingerprint density at radius 2 is 1.84 bits per heavy atom. The van der Waals surface area contributed by atoms with Crippen molar-refractivity contribution >= 4 is 22.0 Å². The van der Waals surface area contributed by atoms with Crippen LogP contribution in [0.4, 0.5) is 4.79 Å². The molecule has 0 aliphatic carbocycles. The topological polar surface area (TPSA) is 162 Å². The van der Waals surface area contributed by atoms with Crippen LogP contribution in [-0.4, -0.2) is 94.0 Å². The molecule has 3 aliphatic heterocycles. The predicted molar refractivity (Wildman–Crippen MR) is 184 cm³/mol. The molecule has 3 N–H and O–H groups in total. The lowest BCUT2D eigenvalue weighted by Gasteiger charge is -2.35. The normalized spacial score (nSPS) is 21.2. The Hall–Kier alpha value is -3.43. The summed E-state index contributed by atoms with van der Waals surface area (Å²) in [5.74, 6) is 0.941. The lowest BCUT2D eigenvalue weighted by molar-refractivity contribution is -0.121. The van der Waals surface area contributed by atoms with Crippen LogP contribution in [-0.2, 0) is 35.4 Å². The van der Waals surface area contributed by atoms with E-state index in [4.69, 9.17) is 23.7 Å². The van der Waals surface area contributed by atoms with E-state index in [0.717, 1.165) is 5.56 Å². The molecule has 3 aliphatic rings. The number of alkyl carbamates (subject to hydrolysis) is 1. The molecule has 5 atom stereocenters. The molecule has 2 saturated heterocycles. The van der Waals surface area contributed by atoms with Crippen LogP contribution in [0.1, 0.15) is 58.9 Å². The van der Waals surface area contributed by atoms with E-state index in [2.05, 4.69) is 10.6 Å². The largest absolute Gasteiger partial charge is 0.454 e. The second-order valence-corrected chi connectivity index (χ2v) is 16.4. The average Bonchev–Trinajstić information content (AvgIpc) is 3.81. The molecular weight excluding hydrogens is 666 g/mol. The van der Waals surface area contributed by atoms with Gasteiger partial charge in [-0.3, -0.25) is 4.79 Å². The first-order valence-corrected chi connectivity index (χ1v) is 18.8. The van der Waals surface area contributed by atoms with Crippen molar-refractivity contribution in [1.82, 2.24) is 14.9 Å². The molecule has 13 nitrogen and oxygen atoms in total. The van der Waals surface area contributed by atoms with Crippen LogP contribution in [0.15, 0.2) is 53.4 Å². The van der Waals surface area contributed by atoms with Gasteiger partial charge in [-0.25, -0.2) is 13.2 Å². The first-order valence-electron chi connectivity index (χ1n) is 17.4. The van der Waals surface area contributed by atoms with Gasteiger partial charge >= 0.3 is 6.09 Å². The van der Waals surface area contributed by atoms with Gasteiger partial charge in [0.05, 0.1) is 36.2 Å². The fourth-order valence-electron chi connectivity index (χ4n) is 6.59. The maximum Gasteiger partial charge on any atom is 0.407 e. The van der Waals surface area contributed by atoms with E-state index in [1.165, 1.54) is 16.4 Å². The molecule has 2 aromatic carbocycles. The molecule has 0 aromatic heterocycles. The number of nitrogens with one attached hydrogen (secondary N) is 2. The Kier molecular flexibility index (Phi) is 12.6. The molecule has 0 saturated carbocycles. The maximum atomic E-state index is 14.3. The zero-order chi connectivity index (χ0) is 35.9. The fraction of sp³-hybridized carbons (Fsp3) is 0.611. The molecule has 0 radical (unpaired) electrons. The van der Waals surface area contributed by atoms with Gasteiger partial charge in [0.15, 0.2) is 17.8 Å². The number of hydrogen-bond acceptors (Lipinski definition) is 10. The van der Waals surface area contributed by atoms with E-state index in [1.807, 2.05) is 58.0 Å². The van der Waals surface area contributed by atoms with E-state index < -0.39 is 46.1 Å². The van der Waals surface area contributed by atoms with E-state index in [0.29, 0.717) is 50.3 Å². The molecule has 276 valence electrons. The molecule has 0 spiro atoms. The number of nitrogens with zero attached hydrogens (tertiary/aromatic N) is 1. The Labute approximate surface area is 295 Å². The Bertz CT molecular complexity index is 1550. The second-order valence-electron chi connectivity index (χ2n) is 14.5. The molecule has 14 heteroatoms. The van der Waals surface area contributed by atoms with Gasteiger partial charge in [0.2, 0.25) is 22.7 Å². The molecule has 0 bridgehead atoms. The van der Waals surface area contributed by atoms with Crippen LogP contribution in [0.25, 0.3) is 0 Å². The molecule has 3 heterocycles. The number of benzene rings is 2. The van der Waals surface area contributed by atoms with Crippen LogP contribution in [0.3, 0.4) is 0 Å². The van der Waals surface area contributed by atoms with Gasteiger partial charge in [-0.1, -0.05) is 58.0 Å². The quantitative estimate of drug-likeness (QED) is 0.205. The lowest BCUT2D eigenvalue weighted by atomic mass is 9.87. The Morgan fingerprint density at radius 3 is 2.60 bits per heavy atom. The lowest BCUT2D eigenvalue weighted by Crippen LogP contribution is -2.52. The van der Waals surface area contributed by atoms with Crippen molar-refractivity contribution in [2.24, 2.45) is 17.3 Å². The van der Waals surface area contributed by atoms with Gasteiger partial charge in [0.25, 0.3) is 0 Å². The molecule has 0 unspecified atom stereocenters. The molecule has 2 aromatic rings. The van der Waals surface area contributed by atoms with Gasteiger partial charge in [0, 0.05) is 32.1 Å². The summed E-state index contributed by atoms with van der Waals surface area (Å²) < 4.78 is 57.7. The van der Waals surface area contributed by atoms with Gasteiger partial charge in [-0.05, 0) is 54.7 Å². The van der Waals surface area contributed by atoms with E-state index in [9.17, 15) is 23.1 Å². The number of carbonyl (C=O) groups excluding carboxylic acids is 2. The second kappa shape index (κ2) is 16.7. The highest BCUT2D eigenvalue weighted by atomic mass is 32.2. The van der Waals surface area contributed by atoms with Crippen molar-refractivity contribution in [2.75, 3.05) is 39.6 Å². The number of fused-ring (bicyclic) bond motifs is 2. The summed E-state index contributed by atoms with van der Waals surface area (Å²) in [6.07, 6.45) is -0.306. The average molecular weight is 718 g/mol. The van der Waals surface area contributed by atoms with Crippen LogP contribution >= 0.6 is 0 Å². The molecule has 2 amide bonds. The Morgan fingerprint density at radius 1 is 1.08 bits per heavy atom. The predicted octanol–water partition coefficient (Wildman–Crippen LogP) is 3.83. The molecule has 5 rings (SSSR count). The number of ether oxygens (including phenoxy) is 5. The summed E-state index contributed by atoms with van der Waals surface area (Å²) in [7, 11) is -4.18. The number of carbonyl (C=O) groups is 2. The third-order valence-corrected chi connectivity index (χ3v) is 11.0. The molecule has 50 heavy (non-hydrogen) atoms. The Balaban J connectivity index is 1.33. The number of aliphatic hydroxyl groups is 1. The van der Waals surface area contributed by atoms with Gasteiger partial charge in [-0.2, -0.15) is 4.31 Å². The van der Waals surface area contributed by atoms with Gasteiger partial charge < -0.3 is 39.4 Å². The highest BCUT2D eigenvalue weighted by molar-refractivity contribution is 7.89. The van der Waals surface area contributed by atoms with Crippen molar-refractivity contribution in [1.29, 1.82) is 0 Å². The first-order chi connectivity index (χ1) is 23.8. The number of hydrogen-bond donors (Lipinski definition) is 3. The smallest absolute Gasteiger partial charge is 0.407 e. The van der Waals surface area contributed by atoms with Crippen LogP contribution in [0, 0.1) is 17.3 Å². The van der Waals surface area contributed by atoms with E-state index in [1.54, 1.807) is 6.07 Å². The first kappa shape index (κ1) is 37.8. The fourth-order valence-corrected chi connectivity index (χ4v) is 8.25. The summed E-state index contributed by atoms with van der Waals surface area (Å²) in [5.41, 5.74) is 0.297. The van der Waals surface area contributed by atoms with Crippen molar-refractivity contribution in [3.63, 3.8) is 0 Å². The highest BCUT2D eigenvalue weighted by Crippen LogP contribution is 2.36. The van der Waals surface area contributed by atoms with E-state index >= 15 is 0 Å². The minimum Gasteiger partial charge on any atom is -0.454 e. The summed E-state index contributed by atoms with van der Waals surface area (Å²) in [6.45, 7) is 8.84. The van der Waals surface area contributed by atoms with Crippen molar-refractivity contribution in [2.45, 2.75) is 89.2 Å². The standard InChI is InChI=1S/C36H51N3O10S/c1-24(2)17-33(41)37-15-8-14-36(3,4)22-39(50(43,44)26-11-12-30-31(19-26)48-23-47-30)20-29(40)28(18-25-9-6-5-7-10-25)38-35(42)49-32-21-46-34-27(32)13-16-45-34/h5-7,9-12,19,24,27-29,32,34,40H,8,13-18,20-23H2,1-4H3,(H,37,41)(H,38,42)/t27-,28-,29+,32-,34+/m0/s1. The van der Waals surface area contributed by atoms with Crippen LogP contribution < -0.4 is 20.1 Å². The highest BCUT2D eigenvalue weighted by Gasteiger charge is 2.44. The summed E-state index contributed by atoms with van der Waals surface area (Å²) in [5, 5.41) is 17.6. The summed E-state index contributed by atoms with van der Waals surface area (Å²) >= 11 is 0. The minimum atomic E-state index is -4.18. The summed E-state index contributed by atoms with van der Waals surface area (Å²) in [6, 6.07) is 12.9. The van der Waals surface area contributed by atoms with Crippen LogP contribution in [0.5, 0.6) is 11.5 Å². The maximum absolute atomic E-state index is 14.3. The van der Waals surface area contributed by atoms with Crippen molar-refractivity contribution in [3.8, 4) is 11.5 Å². The summed E-state index contributed by atoms with van der Waals surface area (Å²) in [4.78, 5) is 25.4. The SMILES string of the molecule is CC(C)CC(=O)NCCCC(C)(C)CN(C[C@@H](O)[C@H](Cc1ccccc1)NC(=O)O[C@H]1CO[C@H]2OCC[C@H]21)S(=O)(=O)c1ccc2c(c1)OCO2. The zero-order valence-corrected chi connectivity index (χ0v) is 30.2. The monoisotopic (exact) mass is 717 g/mol. The third-order valence-electron chi connectivity index (χ3n) is 9.23. The van der Waals surface area contributed by atoms with Gasteiger partial charge in [0.1, 0.15) is 6.10 Å². The number of sulfonamides is 1. The van der Waals surface area contributed by atoms with E-state index in [-0.39, 0.29) is 55.5 Å². The third kappa shape index (κ3) is 10.1. The van der Waals surface area contributed by atoms with Crippen LogP contribution in [0.2, 0.25) is 0 Å². The van der Waals surface area contributed by atoms with Crippen molar-refractivity contribution < 1.29 is 46.8 Å². The number of aliphatic hydroxyl groups excluding tert-OH is 1.